The minimum atomic E-state index is -0.730. The van der Waals surface area contributed by atoms with Crippen LogP contribution in [0, 0.1) is 17.0 Å². The van der Waals surface area contributed by atoms with E-state index in [2.05, 4.69) is 5.32 Å². The van der Waals surface area contributed by atoms with E-state index < -0.39 is 16.9 Å². The Hall–Kier alpha value is -3.09. The van der Waals surface area contributed by atoms with Crippen molar-refractivity contribution in [3.63, 3.8) is 0 Å². The summed E-state index contributed by atoms with van der Waals surface area (Å²) in [5, 5.41) is 13.6. The van der Waals surface area contributed by atoms with Gasteiger partial charge in [-0.25, -0.2) is 0 Å². The molecule has 0 radical (unpaired) electrons. The second-order valence-corrected chi connectivity index (χ2v) is 5.46. The number of carbonyl (C=O) groups excluding carboxylic acids is 1. The minimum absolute atomic E-state index is 0.136. The number of nitro benzene ring substituents is 1. The number of rotatable bonds is 7. The van der Waals surface area contributed by atoms with Crippen LogP contribution >= 0.6 is 0 Å². The summed E-state index contributed by atoms with van der Waals surface area (Å²) in [6.07, 6.45) is -0.289. The van der Waals surface area contributed by atoms with Gasteiger partial charge in [0.2, 0.25) is 0 Å². The predicted molar refractivity (Wildman–Crippen MR) is 94.2 cm³/mol. The first-order valence-corrected chi connectivity index (χ1v) is 7.81. The van der Waals surface area contributed by atoms with Gasteiger partial charge in [0.25, 0.3) is 11.6 Å². The van der Waals surface area contributed by atoms with E-state index in [1.807, 2.05) is 26.0 Å². The number of carbonyl (C=O) groups is 1. The molecule has 1 atom stereocenters. The Morgan fingerprint density at radius 2 is 1.92 bits per heavy atom. The molecule has 0 aliphatic heterocycles. The van der Waals surface area contributed by atoms with Crippen LogP contribution in [0.5, 0.6) is 11.5 Å². The molecule has 0 saturated carbocycles. The van der Waals surface area contributed by atoms with E-state index in [0.717, 1.165) is 5.56 Å². The van der Waals surface area contributed by atoms with Crippen LogP contribution in [-0.2, 0) is 4.79 Å². The number of anilines is 1. The standard InChI is InChI=1S/C18H20N2O5/c1-4-16(25-14-8-5-12(2)6-9-14)18(21)19-15-11-13(20(22)23)7-10-17(15)24-3/h5-11,16H,4H2,1-3H3,(H,19,21)/t16-/m1/s1. The summed E-state index contributed by atoms with van der Waals surface area (Å²) in [5.41, 5.74) is 1.18. The van der Waals surface area contributed by atoms with Gasteiger partial charge < -0.3 is 14.8 Å². The van der Waals surface area contributed by atoms with Crippen LogP contribution in [0.25, 0.3) is 0 Å². The van der Waals surface area contributed by atoms with Gasteiger partial charge in [0.15, 0.2) is 6.10 Å². The summed E-state index contributed by atoms with van der Waals surface area (Å²) in [7, 11) is 1.43. The molecule has 0 spiro atoms. The Kier molecular flexibility index (Phi) is 5.94. The number of nitro groups is 1. The van der Waals surface area contributed by atoms with Gasteiger partial charge in [-0.3, -0.25) is 14.9 Å². The van der Waals surface area contributed by atoms with Crippen molar-refractivity contribution in [2.24, 2.45) is 0 Å². The first kappa shape index (κ1) is 18.3. The zero-order valence-corrected chi connectivity index (χ0v) is 14.3. The highest BCUT2D eigenvalue weighted by atomic mass is 16.6. The second kappa shape index (κ2) is 8.14. The van der Waals surface area contributed by atoms with E-state index in [4.69, 9.17) is 9.47 Å². The van der Waals surface area contributed by atoms with Crippen molar-refractivity contribution in [2.75, 3.05) is 12.4 Å². The van der Waals surface area contributed by atoms with Crippen LogP contribution in [-0.4, -0.2) is 24.0 Å². The summed E-state index contributed by atoms with van der Waals surface area (Å²) in [6, 6.07) is 11.4. The molecule has 0 aliphatic rings. The molecule has 1 amide bonds. The molecule has 0 heterocycles. The number of benzene rings is 2. The normalized spacial score (nSPS) is 11.5. The lowest BCUT2D eigenvalue weighted by Gasteiger charge is -2.18. The smallest absolute Gasteiger partial charge is 0.271 e. The third-order valence-electron chi connectivity index (χ3n) is 3.61. The highest BCUT2D eigenvalue weighted by Gasteiger charge is 2.21. The SMILES string of the molecule is CC[C@@H](Oc1ccc(C)cc1)C(=O)Nc1cc([N+](=O)[O-])ccc1OC. The van der Waals surface area contributed by atoms with Gasteiger partial charge in [-0.15, -0.1) is 0 Å². The van der Waals surface area contributed by atoms with Crippen molar-refractivity contribution < 1.29 is 19.2 Å². The summed E-state index contributed by atoms with van der Waals surface area (Å²) in [5.74, 6) is 0.518. The zero-order valence-electron chi connectivity index (χ0n) is 14.3. The Labute approximate surface area is 145 Å². The maximum Gasteiger partial charge on any atom is 0.271 e. The topological polar surface area (TPSA) is 90.7 Å². The average molecular weight is 344 g/mol. The Bertz CT molecular complexity index is 759. The molecule has 25 heavy (non-hydrogen) atoms. The molecule has 0 bridgehead atoms. The van der Waals surface area contributed by atoms with Crippen molar-refractivity contribution in [1.29, 1.82) is 0 Å². The fraction of sp³-hybridized carbons (Fsp3) is 0.278. The fourth-order valence-electron chi connectivity index (χ4n) is 2.22. The summed E-state index contributed by atoms with van der Waals surface area (Å²) >= 11 is 0. The van der Waals surface area contributed by atoms with Gasteiger partial charge in [-0.05, 0) is 31.5 Å². The number of methoxy groups -OCH3 is 1. The van der Waals surface area contributed by atoms with Crippen molar-refractivity contribution in [2.45, 2.75) is 26.4 Å². The number of hydrogen-bond acceptors (Lipinski definition) is 5. The predicted octanol–water partition coefficient (Wildman–Crippen LogP) is 3.71. The third kappa shape index (κ3) is 4.69. The minimum Gasteiger partial charge on any atom is -0.495 e. The average Bonchev–Trinajstić information content (AvgIpc) is 2.60. The van der Waals surface area contributed by atoms with E-state index in [9.17, 15) is 14.9 Å². The monoisotopic (exact) mass is 344 g/mol. The molecule has 1 N–H and O–H groups in total. The van der Waals surface area contributed by atoms with E-state index in [0.29, 0.717) is 17.9 Å². The molecule has 2 rings (SSSR count). The first-order valence-electron chi connectivity index (χ1n) is 7.81. The van der Waals surface area contributed by atoms with E-state index >= 15 is 0 Å². The number of nitrogens with one attached hydrogen (secondary N) is 1. The molecule has 0 aromatic heterocycles. The van der Waals surface area contributed by atoms with Crippen molar-refractivity contribution in [3.8, 4) is 11.5 Å². The molecule has 0 aliphatic carbocycles. The van der Waals surface area contributed by atoms with Gasteiger partial charge in [-0.2, -0.15) is 0 Å². The number of aryl methyl sites for hydroxylation is 1. The number of ether oxygens (including phenoxy) is 2. The number of amides is 1. The number of non-ortho nitro benzene ring substituents is 1. The Morgan fingerprint density at radius 1 is 1.24 bits per heavy atom. The second-order valence-electron chi connectivity index (χ2n) is 5.46. The van der Waals surface area contributed by atoms with Gasteiger partial charge in [0.05, 0.1) is 17.7 Å². The lowest BCUT2D eigenvalue weighted by molar-refractivity contribution is -0.384. The lowest BCUT2D eigenvalue weighted by Crippen LogP contribution is -2.32. The van der Waals surface area contributed by atoms with Crippen LogP contribution in [0.1, 0.15) is 18.9 Å². The molecule has 0 fully saturated rings. The molecule has 7 heteroatoms. The third-order valence-corrected chi connectivity index (χ3v) is 3.61. The molecule has 132 valence electrons. The number of nitrogens with zero attached hydrogens (tertiary/aromatic N) is 1. The summed E-state index contributed by atoms with van der Waals surface area (Å²) in [6.45, 7) is 3.78. The number of hydrogen-bond donors (Lipinski definition) is 1. The first-order chi connectivity index (χ1) is 11.9. The molecule has 2 aromatic carbocycles. The summed E-state index contributed by atoms with van der Waals surface area (Å²) < 4.78 is 10.9. The van der Waals surface area contributed by atoms with Crippen molar-refractivity contribution >= 4 is 17.3 Å². The molecular weight excluding hydrogens is 324 g/mol. The van der Waals surface area contributed by atoms with Gasteiger partial charge in [0.1, 0.15) is 11.5 Å². The van der Waals surface area contributed by atoms with E-state index in [1.54, 1.807) is 12.1 Å². The van der Waals surface area contributed by atoms with Crippen molar-refractivity contribution in [1.82, 2.24) is 0 Å². The quantitative estimate of drug-likeness (QED) is 0.611. The van der Waals surface area contributed by atoms with Gasteiger partial charge >= 0.3 is 0 Å². The largest absolute Gasteiger partial charge is 0.495 e. The van der Waals surface area contributed by atoms with Gasteiger partial charge in [-0.1, -0.05) is 24.6 Å². The molecule has 2 aromatic rings. The highest BCUT2D eigenvalue weighted by Crippen LogP contribution is 2.29. The van der Waals surface area contributed by atoms with Crippen LogP contribution < -0.4 is 14.8 Å². The van der Waals surface area contributed by atoms with Crippen molar-refractivity contribution in [3.05, 3.63) is 58.1 Å². The van der Waals surface area contributed by atoms with E-state index in [1.165, 1.54) is 25.3 Å². The highest BCUT2D eigenvalue weighted by molar-refractivity contribution is 5.96. The summed E-state index contributed by atoms with van der Waals surface area (Å²) in [4.78, 5) is 22.9. The van der Waals surface area contributed by atoms with Gasteiger partial charge in [0, 0.05) is 12.1 Å². The Morgan fingerprint density at radius 3 is 2.48 bits per heavy atom. The van der Waals surface area contributed by atoms with Crippen LogP contribution in [0.15, 0.2) is 42.5 Å². The van der Waals surface area contributed by atoms with Crippen LogP contribution in [0.2, 0.25) is 0 Å². The fourth-order valence-corrected chi connectivity index (χ4v) is 2.22. The zero-order chi connectivity index (χ0) is 18.4. The molecule has 0 unspecified atom stereocenters. The molecular formula is C18H20N2O5. The maximum atomic E-state index is 12.5. The molecule has 0 saturated heterocycles. The molecule has 7 nitrogen and oxygen atoms in total. The maximum absolute atomic E-state index is 12.5. The van der Waals surface area contributed by atoms with Crippen LogP contribution in [0.4, 0.5) is 11.4 Å². The van der Waals surface area contributed by atoms with Crippen LogP contribution in [0.3, 0.4) is 0 Å². The Balaban J connectivity index is 2.17. The van der Waals surface area contributed by atoms with E-state index in [-0.39, 0.29) is 11.4 Å². The lowest BCUT2D eigenvalue weighted by atomic mass is 10.2.